The van der Waals surface area contributed by atoms with E-state index < -0.39 is 8.32 Å². The summed E-state index contributed by atoms with van der Waals surface area (Å²) in [5, 5.41) is 0.269. The van der Waals surface area contributed by atoms with Crippen molar-refractivity contribution in [2.45, 2.75) is 45.8 Å². The Hall–Kier alpha value is -0.543. The van der Waals surface area contributed by atoms with Crippen LogP contribution < -0.4 is 0 Å². The molecule has 0 radical (unpaired) electrons. The molecule has 0 heterocycles. The second-order valence-electron chi connectivity index (χ2n) is 5.60. The minimum Gasteiger partial charge on any atom is -0.498 e. The first-order valence-corrected chi connectivity index (χ1v) is 8.63. The van der Waals surface area contributed by atoms with Crippen LogP contribution in [-0.2, 0) is 9.16 Å². The van der Waals surface area contributed by atoms with Gasteiger partial charge in [0.05, 0.1) is 12.9 Å². The average Bonchev–Trinajstić information content (AvgIpc) is 2.13. The maximum atomic E-state index is 6.08. The van der Waals surface area contributed by atoms with Crippen molar-refractivity contribution in [2.24, 2.45) is 0 Å². The molecule has 0 aliphatic heterocycles. The van der Waals surface area contributed by atoms with Crippen molar-refractivity contribution < 1.29 is 9.16 Å². The Morgan fingerprint density at radius 3 is 2.31 bits per heavy atom. The van der Waals surface area contributed by atoms with Crippen LogP contribution in [0.15, 0.2) is 24.5 Å². The van der Waals surface area contributed by atoms with Crippen molar-refractivity contribution in [3.63, 3.8) is 0 Å². The van der Waals surface area contributed by atoms with E-state index in [1.807, 2.05) is 6.08 Å². The van der Waals surface area contributed by atoms with Gasteiger partial charge in [-0.3, -0.25) is 0 Å². The van der Waals surface area contributed by atoms with Crippen LogP contribution in [0.25, 0.3) is 0 Å². The summed E-state index contributed by atoms with van der Waals surface area (Å²) < 4.78 is 11.1. The first kappa shape index (κ1) is 15.5. The molecule has 0 aliphatic rings. The summed E-state index contributed by atoms with van der Waals surface area (Å²) >= 11 is 0. The highest BCUT2D eigenvalue weighted by Gasteiger charge is 2.36. The van der Waals surface area contributed by atoms with Crippen molar-refractivity contribution in [1.82, 2.24) is 0 Å². The summed E-state index contributed by atoms with van der Waals surface area (Å²) in [4.78, 5) is 0. The molecule has 0 saturated heterocycles. The van der Waals surface area contributed by atoms with E-state index in [1.165, 1.54) is 11.8 Å². The highest BCUT2D eigenvalue weighted by molar-refractivity contribution is 6.74. The molecule has 0 spiro atoms. The normalized spacial score (nSPS) is 13.8. The summed E-state index contributed by atoms with van der Waals surface area (Å²) in [5.74, 6) is 0. The highest BCUT2D eigenvalue weighted by atomic mass is 28.4. The van der Waals surface area contributed by atoms with E-state index in [-0.39, 0.29) is 5.04 Å². The summed E-state index contributed by atoms with van der Waals surface area (Å²) in [5.41, 5.74) is 1.21. The van der Waals surface area contributed by atoms with Crippen molar-refractivity contribution in [2.75, 3.05) is 13.2 Å². The molecule has 0 fully saturated rings. The molecular formula is C13H26O2Si. The maximum Gasteiger partial charge on any atom is 0.192 e. The van der Waals surface area contributed by atoms with Crippen LogP contribution in [0.1, 0.15) is 27.7 Å². The Labute approximate surface area is 101 Å². The third kappa shape index (κ3) is 5.52. The van der Waals surface area contributed by atoms with E-state index in [9.17, 15) is 0 Å². The number of hydrogen-bond donors (Lipinski definition) is 0. The lowest BCUT2D eigenvalue weighted by molar-refractivity contribution is 0.285. The molecule has 0 aromatic carbocycles. The monoisotopic (exact) mass is 242 g/mol. The van der Waals surface area contributed by atoms with Gasteiger partial charge < -0.3 is 9.16 Å². The van der Waals surface area contributed by atoms with Gasteiger partial charge in [-0.2, -0.15) is 0 Å². The molecule has 0 rings (SSSR count). The molecule has 16 heavy (non-hydrogen) atoms. The van der Waals surface area contributed by atoms with Crippen molar-refractivity contribution >= 4 is 8.32 Å². The van der Waals surface area contributed by atoms with Gasteiger partial charge in [-0.15, -0.1) is 0 Å². The predicted octanol–water partition coefficient (Wildman–Crippen LogP) is 4.11. The van der Waals surface area contributed by atoms with Crippen molar-refractivity contribution in [3.05, 3.63) is 24.5 Å². The topological polar surface area (TPSA) is 18.5 Å². The Balaban J connectivity index is 4.14. The van der Waals surface area contributed by atoms with Crippen LogP contribution in [0.5, 0.6) is 0 Å². The Morgan fingerprint density at radius 2 is 1.88 bits per heavy atom. The molecule has 0 amide bonds. The zero-order valence-corrected chi connectivity index (χ0v) is 12.6. The summed E-state index contributed by atoms with van der Waals surface area (Å²) in [6, 6.07) is 0. The molecule has 0 atom stereocenters. The van der Waals surface area contributed by atoms with Gasteiger partial charge in [-0.1, -0.05) is 27.4 Å². The van der Waals surface area contributed by atoms with Gasteiger partial charge in [0.15, 0.2) is 8.32 Å². The zero-order valence-electron chi connectivity index (χ0n) is 11.6. The van der Waals surface area contributed by atoms with E-state index in [4.69, 9.17) is 9.16 Å². The van der Waals surface area contributed by atoms with Gasteiger partial charge in [-0.25, -0.2) is 0 Å². The molecule has 2 nitrogen and oxygen atoms in total. The molecular weight excluding hydrogens is 216 g/mol. The van der Waals surface area contributed by atoms with Crippen LogP contribution in [0.4, 0.5) is 0 Å². The minimum absolute atomic E-state index is 0.269. The van der Waals surface area contributed by atoms with E-state index in [0.29, 0.717) is 13.2 Å². The van der Waals surface area contributed by atoms with Crippen LogP contribution >= 0.6 is 0 Å². The zero-order chi connectivity index (χ0) is 12.8. The number of rotatable bonds is 6. The molecule has 0 aromatic rings. The molecule has 0 aromatic heterocycles. The molecule has 0 aliphatic carbocycles. The lowest BCUT2D eigenvalue weighted by atomic mass is 10.2. The van der Waals surface area contributed by atoms with Gasteiger partial charge in [0.1, 0.15) is 6.61 Å². The first-order valence-electron chi connectivity index (χ1n) is 5.73. The summed E-state index contributed by atoms with van der Waals surface area (Å²) in [6.07, 6.45) is 3.49. The van der Waals surface area contributed by atoms with E-state index >= 15 is 0 Å². The van der Waals surface area contributed by atoms with Gasteiger partial charge in [0.2, 0.25) is 0 Å². The molecule has 3 heteroatoms. The van der Waals surface area contributed by atoms with E-state index in [0.717, 1.165) is 0 Å². The van der Waals surface area contributed by atoms with Gasteiger partial charge in [0.25, 0.3) is 0 Å². The molecule has 0 bridgehead atoms. The lowest BCUT2D eigenvalue weighted by Crippen LogP contribution is -2.41. The molecule has 0 unspecified atom stereocenters. The van der Waals surface area contributed by atoms with Crippen molar-refractivity contribution in [1.29, 1.82) is 0 Å². The number of ether oxygens (including phenoxy) is 1. The van der Waals surface area contributed by atoms with Crippen LogP contribution in [-0.4, -0.2) is 21.5 Å². The molecule has 94 valence electrons. The van der Waals surface area contributed by atoms with Crippen LogP contribution in [0, 0.1) is 0 Å². The lowest BCUT2D eigenvalue weighted by Gasteiger charge is -2.36. The standard InChI is InChI=1S/C13H26O2Si/c1-8-14-10-9-12(2)11-15-16(6,7)13(3,4)5/h8-9H,1,10-11H2,2-7H3/b12-9-. The summed E-state index contributed by atoms with van der Waals surface area (Å²) in [6.45, 7) is 18.1. The second kappa shape index (κ2) is 6.26. The molecule has 0 N–H and O–H groups in total. The van der Waals surface area contributed by atoms with Crippen LogP contribution in [0.2, 0.25) is 18.1 Å². The highest BCUT2D eigenvalue weighted by Crippen LogP contribution is 2.36. The smallest absolute Gasteiger partial charge is 0.192 e. The fourth-order valence-corrected chi connectivity index (χ4v) is 1.85. The first-order chi connectivity index (χ1) is 7.20. The van der Waals surface area contributed by atoms with Gasteiger partial charge >= 0.3 is 0 Å². The van der Waals surface area contributed by atoms with E-state index in [2.05, 4.69) is 47.4 Å². The fourth-order valence-electron chi connectivity index (χ4n) is 0.828. The number of hydrogen-bond acceptors (Lipinski definition) is 2. The predicted molar refractivity (Wildman–Crippen MR) is 73.1 cm³/mol. The summed E-state index contributed by atoms with van der Waals surface area (Å²) in [7, 11) is -1.62. The van der Waals surface area contributed by atoms with Gasteiger partial charge in [-0.05, 0) is 36.7 Å². The average molecular weight is 242 g/mol. The Morgan fingerprint density at radius 1 is 1.31 bits per heavy atom. The quantitative estimate of drug-likeness (QED) is 0.302. The second-order valence-corrected chi connectivity index (χ2v) is 10.4. The van der Waals surface area contributed by atoms with E-state index in [1.54, 1.807) is 0 Å². The van der Waals surface area contributed by atoms with Crippen LogP contribution in [0.3, 0.4) is 0 Å². The maximum absolute atomic E-state index is 6.08. The fraction of sp³-hybridized carbons (Fsp3) is 0.692. The largest absolute Gasteiger partial charge is 0.498 e. The molecule has 0 saturated carbocycles. The Bertz CT molecular complexity index is 249. The third-order valence-corrected chi connectivity index (χ3v) is 7.59. The minimum atomic E-state index is -1.62. The van der Waals surface area contributed by atoms with Crippen molar-refractivity contribution in [3.8, 4) is 0 Å². The third-order valence-electron chi connectivity index (χ3n) is 3.11. The van der Waals surface area contributed by atoms with Gasteiger partial charge in [0, 0.05) is 0 Å². The Kier molecular flexibility index (Phi) is 6.04. The SMILES string of the molecule is C=COC/C=C(/C)CO[Si](C)(C)C(C)(C)C.